The monoisotopic (exact) mass is 291 g/mol. The van der Waals surface area contributed by atoms with E-state index in [-0.39, 0.29) is 11.6 Å². The average Bonchev–Trinajstić information content (AvgIpc) is 2.89. The zero-order chi connectivity index (χ0) is 15.0. The molecule has 2 aliphatic rings. The zero-order valence-electron chi connectivity index (χ0n) is 13.1. The van der Waals surface area contributed by atoms with Gasteiger partial charge in [-0.1, -0.05) is 6.07 Å². The first-order valence-electron chi connectivity index (χ1n) is 7.54. The molecule has 0 amide bonds. The summed E-state index contributed by atoms with van der Waals surface area (Å²) in [6, 6.07) is 6.00. The molecular weight excluding hydrogens is 266 g/mol. The van der Waals surface area contributed by atoms with Gasteiger partial charge in [-0.25, -0.2) is 0 Å². The number of nitrogens with zero attached hydrogens (tertiary/aromatic N) is 2. The second-order valence-corrected chi connectivity index (χ2v) is 6.69. The van der Waals surface area contributed by atoms with Crippen molar-refractivity contribution in [3.63, 3.8) is 0 Å². The predicted octanol–water partition coefficient (Wildman–Crippen LogP) is 1.44. The Kier molecular flexibility index (Phi) is 3.82. The lowest BCUT2D eigenvalue weighted by Crippen LogP contribution is -2.58. The van der Waals surface area contributed by atoms with Crippen LogP contribution in [-0.2, 0) is 0 Å². The Bertz CT molecular complexity index is 518. The largest absolute Gasteiger partial charge is 0.454 e. The number of nitrogens with two attached hydrogens (primary N) is 1. The van der Waals surface area contributed by atoms with Crippen LogP contribution in [-0.4, -0.2) is 55.4 Å². The van der Waals surface area contributed by atoms with E-state index in [2.05, 4.69) is 30.7 Å². The highest BCUT2D eigenvalue weighted by atomic mass is 16.7. The molecule has 21 heavy (non-hydrogen) atoms. The van der Waals surface area contributed by atoms with Gasteiger partial charge >= 0.3 is 0 Å². The van der Waals surface area contributed by atoms with E-state index >= 15 is 0 Å². The standard InChI is InChI=1S/C16H25N3O2/c1-16(2)10-19(7-6-18(16)3)9-13(17)12-4-5-14-15(8-12)21-11-20-14/h4-5,8,13H,6-7,9-11,17H2,1-3H3. The summed E-state index contributed by atoms with van der Waals surface area (Å²) in [5, 5.41) is 0. The maximum Gasteiger partial charge on any atom is 0.231 e. The van der Waals surface area contributed by atoms with Crippen LogP contribution in [0.4, 0.5) is 0 Å². The summed E-state index contributed by atoms with van der Waals surface area (Å²) in [6.45, 7) is 8.94. The highest BCUT2D eigenvalue weighted by Gasteiger charge is 2.31. The second-order valence-electron chi connectivity index (χ2n) is 6.69. The third kappa shape index (κ3) is 3.00. The van der Waals surface area contributed by atoms with Gasteiger partial charge in [-0.3, -0.25) is 9.80 Å². The normalized spacial score (nSPS) is 23.2. The van der Waals surface area contributed by atoms with Crippen molar-refractivity contribution in [3.8, 4) is 11.5 Å². The first-order chi connectivity index (χ1) is 9.95. The van der Waals surface area contributed by atoms with Crippen molar-refractivity contribution < 1.29 is 9.47 Å². The SMILES string of the molecule is CN1CCN(CC(N)c2ccc3c(c2)OCO3)CC1(C)C. The fraction of sp³-hybridized carbons (Fsp3) is 0.625. The van der Waals surface area contributed by atoms with E-state index in [1.165, 1.54) is 0 Å². The molecule has 1 aromatic rings. The van der Waals surface area contributed by atoms with Gasteiger partial charge in [0.25, 0.3) is 0 Å². The van der Waals surface area contributed by atoms with Crippen molar-refractivity contribution in [3.05, 3.63) is 23.8 Å². The fourth-order valence-corrected chi connectivity index (χ4v) is 3.02. The van der Waals surface area contributed by atoms with Gasteiger partial charge in [-0.05, 0) is 38.6 Å². The molecule has 1 atom stereocenters. The van der Waals surface area contributed by atoms with Crippen LogP contribution in [0.3, 0.4) is 0 Å². The van der Waals surface area contributed by atoms with Crippen LogP contribution >= 0.6 is 0 Å². The summed E-state index contributed by atoms with van der Waals surface area (Å²) < 4.78 is 10.8. The van der Waals surface area contributed by atoms with Crippen LogP contribution in [0.1, 0.15) is 25.5 Å². The van der Waals surface area contributed by atoms with Gasteiger partial charge in [-0.2, -0.15) is 0 Å². The maximum atomic E-state index is 6.39. The van der Waals surface area contributed by atoms with E-state index in [1.54, 1.807) is 0 Å². The minimum absolute atomic E-state index is 0.00120. The molecule has 116 valence electrons. The van der Waals surface area contributed by atoms with Crippen LogP contribution in [0.25, 0.3) is 0 Å². The Morgan fingerprint density at radius 2 is 2.00 bits per heavy atom. The maximum absolute atomic E-state index is 6.39. The summed E-state index contributed by atoms with van der Waals surface area (Å²) in [5.74, 6) is 1.62. The minimum Gasteiger partial charge on any atom is -0.454 e. The number of fused-ring (bicyclic) bond motifs is 1. The van der Waals surface area contributed by atoms with Crippen LogP contribution in [0.5, 0.6) is 11.5 Å². The molecule has 1 aromatic carbocycles. The van der Waals surface area contributed by atoms with Crippen LogP contribution in [0.15, 0.2) is 18.2 Å². The summed E-state index contributed by atoms with van der Waals surface area (Å²) in [7, 11) is 2.19. The Morgan fingerprint density at radius 1 is 1.24 bits per heavy atom. The molecule has 5 heteroatoms. The fourth-order valence-electron chi connectivity index (χ4n) is 3.02. The number of hydrogen-bond acceptors (Lipinski definition) is 5. The Labute approximate surface area is 126 Å². The molecule has 5 nitrogen and oxygen atoms in total. The zero-order valence-corrected chi connectivity index (χ0v) is 13.1. The van der Waals surface area contributed by atoms with Crippen molar-refractivity contribution in [2.24, 2.45) is 5.73 Å². The molecule has 1 unspecified atom stereocenters. The molecule has 1 fully saturated rings. The summed E-state index contributed by atoms with van der Waals surface area (Å²) in [6.07, 6.45) is 0. The molecule has 0 aromatic heterocycles. The highest BCUT2D eigenvalue weighted by molar-refractivity contribution is 5.45. The molecule has 0 bridgehead atoms. The minimum atomic E-state index is -0.00120. The molecule has 0 aliphatic carbocycles. The third-order valence-corrected chi connectivity index (χ3v) is 4.68. The van der Waals surface area contributed by atoms with Crippen molar-refractivity contribution >= 4 is 0 Å². The van der Waals surface area contributed by atoms with Gasteiger partial charge in [0.15, 0.2) is 11.5 Å². The molecule has 1 saturated heterocycles. The first kappa shape index (κ1) is 14.6. The summed E-state index contributed by atoms with van der Waals surface area (Å²) in [4.78, 5) is 4.87. The number of ether oxygens (including phenoxy) is 2. The Balaban J connectivity index is 1.65. The van der Waals surface area contributed by atoms with Gasteiger partial charge in [-0.15, -0.1) is 0 Å². The number of likely N-dealkylation sites (N-methyl/N-ethyl adjacent to an activating group) is 1. The van der Waals surface area contributed by atoms with E-state index in [0.29, 0.717) is 6.79 Å². The lowest BCUT2D eigenvalue weighted by atomic mass is 9.98. The first-order valence-corrected chi connectivity index (χ1v) is 7.54. The molecule has 3 rings (SSSR count). The third-order valence-electron chi connectivity index (χ3n) is 4.68. The van der Waals surface area contributed by atoms with Gasteiger partial charge in [0, 0.05) is 37.8 Å². The van der Waals surface area contributed by atoms with Crippen molar-refractivity contribution in [1.82, 2.24) is 9.80 Å². The van der Waals surface area contributed by atoms with Crippen molar-refractivity contribution in [2.45, 2.75) is 25.4 Å². The van der Waals surface area contributed by atoms with Crippen molar-refractivity contribution in [2.75, 3.05) is 40.0 Å². The van der Waals surface area contributed by atoms with E-state index in [9.17, 15) is 0 Å². The Hall–Kier alpha value is -1.30. The van der Waals surface area contributed by atoms with E-state index < -0.39 is 0 Å². The number of rotatable bonds is 3. The smallest absolute Gasteiger partial charge is 0.231 e. The predicted molar refractivity (Wildman–Crippen MR) is 82.6 cm³/mol. The van der Waals surface area contributed by atoms with Gasteiger partial charge < -0.3 is 15.2 Å². The topological polar surface area (TPSA) is 51.0 Å². The molecule has 2 aliphatic heterocycles. The molecule has 0 saturated carbocycles. The van der Waals surface area contributed by atoms with E-state index in [1.807, 2.05) is 18.2 Å². The molecule has 2 heterocycles. The molecular formula is C16H25N3O2. The number of piperazine rings is 1. The lowest BCUT2D eigenvalue weighted by molar-refractivity contribution is 0.0371. The lowest BCUT2D eigenvalue weighted by Gasteiger charge is -2.46. The summed E-state index contributed by atoms with van der Waals surface area (Å²) >= 11 is 0. The molecule has 2 N–H and O–H groups in total. The molecule has 0 radical (unpaired) electrons. The second kappa shape index (κ2) is 5.48. The van der Waals surface area contributed by atoms with Crippen molar-refractivity contribution in [1.29, 1.82) is 0 Å². The number of hydrogen-bond donors (Lipinski definition) is 1. The Morgan fingerprint density at radius 3 is 2.76 bits per heavy atom. The van der Waals surface area contributed by atoms with Crippen LogP contribution < -0.4 is 15.2 Å². The molecule has 0 spiro atoms. The van der Waals surface area contributed by atoms with Gasteiger partial charge in [0.2, 0.25) is 6.79 Å². The number of benzene rings is 1. The van der Waals surface area contributed by atoms with E-state index in [4.69, 9.17) is 15.2 Å². The average molecular weight is 291 g/mol. The van der Waals surface area contributed by atoms with Gasteiger partial charge in [0.05, 0.1) is 0 Å². The quantitative estimate of drug-likeness (QED) is 0.913. The highest BCUT2D eigenvalue weighted by Crippen LogP contribution is 2.34. The van der Waals surface area contributed by atoms with Crippen LogP contribution in [0.2, 0.25) is 0 Å². The van der Waals surface area contributed by atoms with Gasteiger partial charge in [0.1, 0.15) is 0 Å². The van der Waals surface area contributed by atoms with E-state index in [0.717, 1.165) is 43.2 Å². The summed E-state index contributed by atoms with van der Waals surface area (Å²) in [5.41, 5.74) is 7.70. The van der Waals surface area contributed by atoms with Crippen LogP contribution in [0, 0.1) is 0 Å².